The van der Waals surface area contributed by atoms with Gasteiger partial charge in [0.25, 0.3) is 5.91 Å². The number of nitrogens with one attached hydrogen (secondary N) is 1. The van der Waals surface area contributed by atoms with Crippen LogP contribution < -0.4 is 20.5 Å². The average molecular weight is 300 g/mol. The van der Waals surface area contributed by atoms with Crippen molar-refractivity contribution in [3.05, 3.63) is 48.0 Å². The molecule has 0 atom stereocenters. The van der Waals surface area contributed by atoms with Crippen LogP contribution in [0, 0.1) is 0 Å². The molecule has 2 aromatic rings. The molecule has 0 heterocycles. The molecule has 0 aromatic heterocycles. The van der Waals surface area contributed by atoms with Crippen LogP contribution in [-0.2, 0) is 0 Å². The molecule has 1 amide bonds. The Balaban J connectivity index is 2.09. The highest BCUT2D eigenvalue weighted by Crippen LogP contribution is 2.27. The molecule has 3 N–H and O–H groups in total. The lowest BCUT2D eigenvalue weighted by atomic mass is 10.2. The quantitative estimate of drug-likeness (QED) is 0.803. The Kier molecular flexibility index (Phi) is 5.25. The fourth-order valence-electron chi connectivity index (χ4n) is 1.93. The van der Waals surface area contributed by atoms with Gasteiger partial charge in [0, 0.05) is 17.3 Å². The van der Waals surface area contributed by atoms with Gasteiger partial charge in [-0.05, 0) is 42.8 Å². The van der Waals surface area contributed by atoms with Crippen molar-refractivity contribution in [3.8, 4) is 11.5 Å². The Bertz CT molecular complexity index is 639. The predicted molar refractivity (Wildman–Crippen MR) is 87.6 cm³/mol. The number of hydrogen-bond acceptors (Lipinski definition) is 4. The number of benzene rings is 2. The smallest absolute Gasteiger partial charge is 0.255 e. The Morgan fingerprint density at radius 3 is 2.55 bits per heavy atom. The zero-order valence-electron chi connectivity index (χ0n) is 12.8. The number of nitrogen functional groups attached to an aromatic ring is 1. The lowest BCUT2D eigenvalue weighted by Gasteiger charge is -2.11. The van der Waals surface area contributed by atoms with Crippen molar-refractivity contribution in [1.82, 2.24) is 0 Å². The Morgan fingerprint density at radius 1 is 1.18 bits per heavy atom. The van der Waals surface area contributed by atoms with Gasteiger partial charge >= 0.3 is 0 Å². The molecule has 0 saturated heterocycles. The summed E-state index contributed by atoms with van der Waals surface area (Å²) in [6.45, 7) is 2.70. The highest BCUT2D eigenvalue weighted by molar-refractivity contribution is 6.05. The van der Waals surface area contributed by atoms with Crippen LogP contribution in [0.1, 0.15) is 23.7 Å². The van der Waals surface area contributed by atoms with E-state index in [4.69, 9.17) is 15.2 Å². The maximum atomic E-state index is 12.3. The molecule has 0 saturated carbocycles. The van der Waals surface area contributed by atoms with Crippen molar-refractivity contribution in [3.63, 3.8) is 0 Å². The lowest BCUT2D eigenvalue weighted by Crippen LogP contribution is -2.12. The number of carbonyl (C=O) groups excluding carboxylic acids is 1. The van der Waals surface area contributed by atoms with Crippen LogP contribution in [-0.4, -0.2) is 19.6 Å². The van der Waals surface area contributed by atoms with Gasteiger partial charge in [-0.25, -0.2) is 0 Å². The molecule has 0 fully saturated rings. The molecule has 2 aromatic carbocycles. The summed E-state index contributed by atoms with van der Waals surface area (Å²) >= 11 is 0. The summed E-state index contributed by atoms with van der Waals surface area (Å²) in [5.74, 6) is 1.06. The Hall–Kier alpha value is -2.69. The van der Waals surface area contributed by atoms with Gasteiger partial charge in [-0.2, -0.15) is 0 Å². The molecule has 22 heavy (non-hydrogen) atoms. The van der Waals surface area contributed by atoms with Crippen LogP contribution in [0.3, 0.4) is 0 Å². The van der Waals surface area contributed by atoms with E-state index < -0.39 is 0 Å². The molecular formula is C17H20N2O3. The number of methoxy groups -OCH3 is 1. The first kappa shape index (κ1) is 15.7. The number of hydrogen-bond donors (Lipinski definition) is 2. The number of ether oxygens (including phenoxy) is 2. The number of nitrogens with two attached hydrogens (primary N) is 1. The van der Waals surface area contributed by atoms with Crippen LogP contribution in [0.15, 0.2) is 42.5 Å². The summed E-state index contributed by atoms with van der Waals surface area (Å²) in [5, 5.41) is 2.81. The van der Waals surface area contributed by atoms with Crippen LogP contribution in [0.2, 0.25) is 0 Å². The number of anilines is 2. The molecular weight excluding hydrogens is 280 g/mol. The summed E-state index contributed by atoms with van der Waals surface area (Å²) < 4.78 is 10.7. The van der Waals surface area contributed by atoms with E-state index in [1.165, 1.54) is 7.11 Å². The predicted octanol–water partition coefficient (Wildman–Crippen LogP) is 3.32. The molecule has 5 nitrogen and oxygen atoms in total. The number of amides is 1. The minimum Gasteiger partial charge on any atom is -0.494 e. The van der Waals surface area contributed by atoms with E-state index >= 15 is 0 Å². The van der Waals surface area contributed by atoms with Crippen molar-refractivity contribution in [2.75, 3.05) is 24.8 Å². The second-order valence-corrected chi connectivity index (χ2v) is 4.79. The van der Waals surface area contributed by atoms with Gasteiger partial charge in [0.2, 0.25) is 0 Å². The van der Waals surface area contributed by atoms with E-state index in [0.717, 1.165) is 12.2 Å². The molecule has 0 aliphatic heterocycles. The van der Waals surface area contributed by atoms with Gasteiger partial charge in [-0.15, -0.1) is 0 Å². The average Bonchev–Trinajstić information content (AvgIpc) is 2.54. The monoisotopic (exact) mass is 300 g/mol. The maximum absolute atomic E-state index is 12.3. The van der Waals surface area contributed by atoms with Gasteiger partial charge < -0.3 is 20.5 Å². The Labute approximate surface area is 130 Å². The number of rotatable bonds is 6. The van der Waals surface area contributed by atoms with E-state index in [1.54, 1.807) is 42.5 Å². The fraction of sp³-hybridized carbons (Fsp3) is 0.235. The van der Waals surface area contributed by atoms with E-state index in [2.05, 4.69) is 5.32 Å². The maximum Gasteiger partial charge on any atom is 0.255 e. The normalized spacial score (nSPS) is 10.1. The first-order chi connectivity index (χ1) is 10.6. The molecule has 0 unspecified atom stereocenters. The molecule has 5 heteroatoms. The second kappa shape index (κ2) is 7.36. The van der Waals surface area contributed by atoms with Gasteiger partial charge in [0.05, 0.1) is 19.4 Å². The van der Waals surface area contributed by atoms with E-state index in [0.29, 0.717) is 29.3 Å². The van der Waals surface area contributed by atoms with E-state index in [1.807, 2.05) is 6.92 Å². The van der Waals surface area contributed by atoms with Crippen molar-refractivity contribution in [1.29, 1.82) is 0 Å². The third-order valence-corrected chi connectivity index (χ3v) is 3.06. The van der Waals surface area contributed by atoms with E-state index in [9.17, 15) is 4.79 Å². The summed E-state index contributed by atoms with van der Waals surface area (Å²) in [5.41, 5.74) is 7.39. The third kappa shape index (κ3) is 3.91. The molecule has 116 valence electrons. The van der Waals surface area contributed by atoms with Gasteiger partial charge in [-0.1, -0.05) is 6.92 Å². The standard InChI is InChI=1S/C17H20N2O3/c1-3-10-22-14-7-4-12(5-8-14)17(20)19-15-9-6-13(18)11-16(15)21-2/h4-9,11H,3,10,18H2,1-2H3,(H,19,20). The van der Waals surface area contributed by atoms with Crippen LogP contribution in [0.25, 0.3) is 0 Å². The van der Waals surface area contributed by atoms with Crippen molar-refractivity contribution < 1.29 is 14.3 Å². The zero-order chi connectivity index (χ0) is 15.9. The van der Waals surface area contributed by atoms with Crippen molar-refractivity contribution in [2.24, 2.45) is 0 Å². The van der Waals surface area contributed by atoms with Gasteiger partial charge in [0.1, 0.15) is 11.5 Å². The number of carbonyl (C=O) groups is 1. The second-order valence-electron chi connectivity index (χ2n) is 4.79. The molecule has 2 rings (SSSR count). The topological polar surface area (TPSA) is 73.6 Å². The fourth-order valence-corrected chi connectivity index (χ4v) is 1.93. The third-order valence-electron chi connectivity index (χ3n) is 3.06. The van der Waals surface area contributed by atoms with Crippen molar-refractivity contribution in [2.45, 2.75) is 13.3 Å². The summed E-state index contributed by atoms with van der Waals surface area (Å²) in [6, 6.07) is 12.1. The summed E-state index contributed by atoms with van der Waals surface area (Å²) in [4.78, 5) is 12.3. The van der Waals surface area contributed by atoms with Crippen LogP contribution in [0.4, 0.5) is 11.4 Å². The minimum absolute atomic E-state index is 0.217. The SMILES string of the molecule is CCCOc1ccc(C(=O)Nc2ccc(N)cc2OC)cc1. The molecule has 0 bridgehead atoms. The van der Waals surface area contributed by atoms with E-state index in [-0.39, 0.29) is 5.91 Å². The summed E-state index contributed by atoms with van der Waals surface area (Å²) in [6.07, 6.45) is 0.944. The molecule has 0 spiro atoms. The lowest BCUT2D eigenvalue weighted by molar-refractivity contribution is 0.102. The van der Waals surface area contributed by atoms with Gasteiger partial charge in [-0.3, -0.25) is 4.79 Å². The highest BCUT2D eigenvalue weighted by atomic mass is 16.5. The molecule has 0 radical (unpaired) electrons. The zero-order valence-corrected chi connectivity index (χ0v) is 12.8. The Morgan fingerprint density at radius 2 is 1.91 bits per heavy atom. The van der Waals surface area contributed by atoms with Crippen LogP contribution in [0.5, 0.6) is 11.5 Å². The first-order valence-electron chi connectivity index (χ1n) is 7.11. The molecule has 0 aliphatic rings. The molecule has 0 aliphatic carbocycles. The highest BCUT2D eigenvalue weighted by Gasteiger charge is 2.10. The summed E-state index contributed by atoms with van der Waals surface area (Å²) in [7, 11) is 1.53. The minimum atomic E-state index is -0.217. The van der Waals surface area contributed by atoms with Crippen LogP contribution >= 0.6 is 0 Å². The largest absolute Gasteiger partial charge is 0.494 e. The first-order valence-corrected chi connectivity index (χ1v) is 7.11. The van der Waals surface area contributed by atoms with Gasteiger partial charge in [0.15, 0.2) is 0 Å². The van der Waals surface area contributed by atoms with Crippen molar-refractivity contribution >= 4 is 17.3 Å².